The Kier molecular flexibility index (Phi) is 13.2. The third kappa shape index (κ3) is 9.64. The Morgan fingerprint density at radius 1 is 0.519 bits per heavy atom. The summed E-state index contributed by atoms with van der Waals surface area (Å²) in [4.78, 5) is 2.26. The Morgan fingerprint density at radius 3 is 1.21 bits per heavy atom. The van der Waals surface area contributed by atoms with E-state index in [2.05, 4.69) is 206 Å². The molecule has 2 aromatic rings. The van der Waals surface area contributed by atoms with Gasteiger partial charge in [0.05, 0.1) is 0 Å². The van der Waals surface area contributed by atoms with Gasteiger partial charge in [-0.3, -0.25) is 0 Å². The fraction of sp³-hybridized carbons (Fsp3) is 0.605. The summed E-state index contributed by atoms with van der Waals surface area (Å²) in [7, 11) is -8.73. The van der Waals surface area contributed by atoms with Crippen molar-refractivity contribution in [3.8, 4) is 0 Å². The van der Waals surface area contributed by atoms with Crippen molar-refractivity contribution < 1.29 is 0 Å². The first-order chi connectivity index (χ1) is 23.2. The van der Waals surface area contributed by atoms with Crippen molar-refractivity contribution >= 4 is 73.3 Å². The molecule has 290 valence electrons. The van der Waals surface area contributed by atoms with Crippen molar-refractivity contribution in [3.63, 3.8) is 0 Å². The molecule has 2 aromatic carbocycles. The SMILES string of the molecule is Cc1cc(C)c([Si]2(c3c(C([Si](C)(C)C)[Si](C)(C)C)cc(C([Si](C)(C)C)[Si](C)(C)C)cc3C([Si](C)(C)C)[Si](C)(C)C)C=CC(N(C)C)=CC=N2)c(C)c1. The molecule has 0 aromatic heterocycles. The molecule has 0 amide bonds. The highest BCUT2D eigenvalue weighted by atomic mass is 28.4. The van der Waals surface area contributed by atoms with E-state index in [9.17, 15) is 0 Å². The molecular weight excluding hydrogens is 741 g/mol. The monoisotopic (exact) mass is 820 g/mol. The summed E-state index contributed by atoms with van der Waals surface area (Å²) in [5.74, 6) is 0. The molecule has 2 nitrogen and oxygen atoms in total. The minimum Gasteiger partial charge on any atom is -0.378 e. The standard InChI is InChI=1S/C43H80N2Si7/c1-32-28-33(2)39(34(3)29-32)52(27-25-36(45(4)5)24-26-44-52)40-37(42(48(12,13)14)49(15,16)17)30-35(41(46(6,7)8)47(9,10)11)31-38(40)43(50(18,19)20)51(21,22)23/h24-31,41-43H,1-23H3. The number of likely N-dealkylation sites (N-methyl/N-ethyl adjacent to an activating group) is 1. The van der Waals surface area contributed by atoms with Crippen LogP contribution < -0.4 is 10.4 Å². The second-order valence-electron chi connectivity index (χ2n) is 23.2. The lowest BCUT2D eigenvalue weighted by atomic mass is 10.1. The fourth-order valence-corrected chi connectivity index (χ4v) is 54.6. The van der Waals surface area contributed by atoms with Crippen molar-refractivity contribution in [3.05, 3.63) is 81.2 Å². The second-order valence-corrected chi connectivity index (χ2v) is 59.9. The van der Waals surface area contributed by atoms with E-state index in [1.165, 1.54) is 27.6 Å². The van der Waals surface area contributed by atoms with Crippen LogP contribution in [-0.2, 0) is 0 Å². The highest BCUT2D eigenvalue weighted by molar-refractivity contribution is 7.07. The van der Waals surface area contributed by atoms with E-state index in [-0.39, 0.29) is 0 Å². The maximum absolute atomic E-state index is 6.07. The predicted molar refractivity (Wildman–Crippen MR) is 260 cm³/mol. The maximum atomic E-state index is 6.07. The number of aryl methyl sites for hydroxylation is 3. The smallest absolute Gasteiger partial charge is 0.267 e. The quantitative estimate of drug-likeness (QED) is 0.195. The molecule has 1 aliphatic rings. The minimum absolute atomic E-state index is 0.616. The van der Waals surface area contributed by atoms with Gasteiger partial charge in [0.15, 0.2) is 0 Å². The van der Waals surface area contributed by atoms with E-state index in [1.54, 1.807) is 21.9 Å². The molecular formula is C43H80N2Si7. The fourth-order valence-electron chi connectivity index (χ4n) is 11.6. The first kappa shape index (κ1) is 45.3. The molecule has 0 saturated heterocycles. The van der Waals surface area contributed by atoms with Crippen LogP contribution in [0, 0.1) is 20.8 Å². The average Bonchev–Trinajstić information content (AvgIpc) is 3.06. The lowest BCUT2D eigenvalue weighted by molar-refractivity contribution is 0.531. The van der Waals surface area contributed by atoms with Crippen LogP contribution in [0.15, 0.2) is 52.5 Å². The van der Waals surface area contributed by atoms with Gasteiger partial charge in [0.25, 0.3) is 8.24 Å². The molecule has 0 radical (unpaired) electrons. The number of hydrogen-bond donors (Lipinski definition) is 0. The van der Waals surface area contributed by atoms with Gasteiger partial charge in [-0.05, 0) is 86.6 Å². The van der Waals surface area contributed by atoms with E-state index < -0.39 is 56.7 Å². The summed E-state index contributed by atoms with van der Waals surface area (Å²) in [6.45, 7) is 55.2. The van der Waals surface area contributed by atoms with Crippen LogP contribution in [-0.4, -0.2) is 81.9 Å². The Morgan fingerprint density at radius 2 is 0.885 bits per heavy atom. The van der Waals surface area contributed by atoms with Gasteiger partial charge in [-0.2, -0.15) is 0 Å². The first-order valence-electron chi connectivity index (χ1n) is 20.0. The van der Waals surface area contributed by atoms with Gasteiger partial charge in [-0.25, -0.2) is 0 Å². The zero-order valence-electron chi connectivity index (χ0n) is 38.2. The van der Waals surface area contributed by atoms with Gasteiger partial charge in [-0.15, -0.1) is 0 Å². The molecule has 1 atom stereocenters. The van der Waals surface area contributed by atoms with Gasteiger partial charge in [0.2, 0.25) is 0 Å². The molecule has 0 spiro atoms. The molecule has 0 fully saturated rings. The van der Waals surface area contributed by atoms with Crippen LogP contribution in [0.25, 0.3) is 0 Å². The van der Waals surface area contributed by atoms with Crippen LogP contribution in [0.1, 0.15) is 48.9 Å². The van der Waals surface area contributed by atoms with Crippen molar-refractivity contribution in [1.29, 1.82) is 0 Å². The number of hydrogen-bond acceptors (Lipinski definition) is 2. The Balaban J connectivity index is 2.97. The normalized spacial score (nSPS) is 18.1. The lowest BCUT2D eigenvalue weighted by Gasteiger charge is -2.48. The van der Waals surface area contributed by atoms with E-state index in [4.69, 9.17) is 4.66 Å². The van der Waals surface area contributed by atoms with Gasteiger partial charge in [0, 0.05) is 74.5 Å². The summed E-state index contributed by atoms with van der Waals surface area (Å²) in [6, 6.07) is 10.7. The minimum atomic E-state index is -2.94. The number of benzene rings is 2. The predicted octanol–water partition coefficient (Wildman–Crippen LogP) is 11.8. The van der Waals surface area contributed by atoms with Crippen LogP contribution in [0.4, 0.5) is 0 Å². The van der Waals surface area contributed by atoms with Crippen molar-refractivity contribution in [2.45, 2.75) is 154 Å². The van der Waals surface area contributed by atoms with Gasteiger partial charge >= 0.3 is 0 Å². The summed E-state index contributed by atoms with van der Waals surface area (Å²) in [5.41, 5.74) is 13.3. The second kappa shape index (κ2) is 15.1. The van der Waals surface area contributed by atoms with Gasteiger partial charge in [-0.1, -0.05) is 153 Å². The largest absolute Gasteiger partial charge is 0.378 e. The van der Waals surface area contributed by atoms with E-state index in [0.29, 0.717) is 15.5 Å². The molecule has 0 bridgehead atoms. The van der Waals surface area contributed by atoms with E-state index in [0.717, 1.165) is 0 Å². The molecule has 52 heavy (non-hydrogen) atoms. The third-order valence-electron chi connectivity index (χ3n) is 11.3. The molecule has 3 rings (SSSR count). The van der Waals surface area contributed by atoms with Gasteiger partial charge in [0.1, 0.15) is 0 Å². The number of allylic oxidation sites excluding steroid dienone is 2. The van der Waals surface area contributed by atoms with Crippen LogP contribution in [0.5, 0.6) is 0 Å². The molecule has 1 aliphatic heterocycles. The summed E-state index contributed by atoms with van der Waals surface area (Å²) in [6.07, 6.45) is 6.96. The van der Waals surface area contributed by atoms with Crippen LogP contribution in [0.3, 0.4) is 0 Å². The highest BCUT2D eigenvalue weighted by Crippen LogP contribution is 2.45. The Hall–Kier alpha value is -1.09. The molecule has 1 unspecified atom stereocenters. The number of rotatable bonds is 12. The lowest BCUT2D eigenvalue weighted by Crippen LogP contribution is -2.64. The van der Waals surface area contributed by atoms with Crippen LogP contribution >= 0.6 is 0 Å². The Bertz CT molecular complexity index is 1590. The van der Waals surface area contributed by atoms with E-state index >= 15 is 0 Å². The third-order valence-corrected chi connectivity index (χ3v) is 43.3. The molecule has 9 heteroatoms. The molecule has 1 heterocycles. The molecule has 0 N–H and O–H groups in total. The van der Waals surface area contributed by atoms with E-state index in [1.807, 2.05) is 0 Å². The van der Waals surface area contributed by atoms with Crippen LogP contribution in [0.2, 0.25) is 118 Å². The summed E-state index contributed by atoms with van der Waals surface area (Å²) in [5, 5.41) is 5.14. The van der Waals surface area contributed by atoms with Gasteiger partial charge < -0.3 is 9.56 Å². The Labute approximate surface area is 330 Å². The number of nitrogens with zero attached hydrogens (tertiary/aromatic N) is 2. The topological polar surface area (TPSA) is 15.6 Å². The first-order valence-corrected chi connectivity index (χ1v) is 43.5. The zero-order valence-corrected chi connectivity index (χ0v) is 45.2. The molecule has 0 saturated carbocycles. The van der Waals surface area contributed by atoms with Crippen molar-refractivity contribution in [2.75, 3.05) is 14.1 Å². The highest BCUT2D eigenvalue weighted by Gasteiger charge is 2.52. The average molecular weight is 822 g/mol. The summed E-state index contributed by atoms with van der Waals surface area (Å²) < 4.78 is 6.07. The summed E-state index contributed by atoms with van der Waals surface area (Å²) >= 11 is 0. The molecule has 0 aliphatic carbocycles. The maximum Gasteiger partial charge on any atom is 0.267 e. The van der Waals surface area contributed by atoms with Crippen molar-refractivity contribution in [2.24, 2.45) is 4.66 Å². The van der Waals surface area contributed by atoms with Crippen molar-refractivity contribution in [1.82, 2.24) is 4.90 Å². The zero-order chi connectivity index (χ0) is 40.4.